The van der Waals surface area contributed by atoms with Crippen molar-refractivity contribution in [3.8, 4) is 0 Å². The van der Waals surface area contributed by atoms with E-state index in [1.807, 2.05) is 17.0 Å². The molecule has 23 heavy (non-hydrogen) atoms. The number of piperazine rings is 1. The predicted octanol–water partition coefficient (Wildman–Crippen LogP) is 2.50. The van der Waals surface area contributed by atoms with Gasteiger partial charge in [0.25, 0.3) is 0 Å². The highest BCUT2D eigenvalue weighted by Gasteiger charge is 2.21. The molecule has 0 radical (unpaired) electrons. The quantitative estimate of drug-likeness (QED) is 0.870. The van der Waals surface area contributed by atoms with Crippen LogP contribution in [0.25, 0.3) is 0 Å². The fourth-order valence-corrected chi connectivity index (χ4v) is 2.82. The van der Waals surface area contributed by atoms with Crippen molar-refractivity contribution in [2.45, 2.75) is 12.8 Å². The van der Waals surface area contributed by atoms with Crippen LogP contribution in [0.4, 0.5) is 10.1 Å². The number of aryl methyl sites for hydroxylation is 1. The van der Waals surface area contributed by atoms with Crippen molar-refractivity contribution < 1.29 is 9.18 Å². The van der Waals surface area contributed by atoms with Gasteiger partial charge in [-0.2, -0.15) is 0 Å². The highest BCUT2D eigenvalue weighted by Crippen LogP contribution is 2.17. The Morgan fingerprint density at radius 1 is 1.00 bits per heavy atom. The largest absolute Gasteiger partial charge is 0.368 e. The van der Waals surface area contributed by atoms with Crippen molar-refractivity contribution in [2.75, 3.05) is 31.1 Å². The molecule has 120 valence electrons. The summed E-state index contributed by atoms with van der Waals surface area (Å²) in [5.41, 5.74) is 2.15. The lowest BCUT2D eigenvalue weighted by Gasteiger charge is -2.36. The van der Waals surface area contributed by atoms with E-state index in [1.54, 1.807) is 24.5 Å². The number of nitrogens with zero attached hydrogens (tertiary/aromatic N) is 3. The van der Waals surface area contributed by atoms with E-state index in [9.17, 15) is 9.18 Å². The van der Waals surface area contributed by atoms with Crippen LogP contribution in [0.1, 0.15) is 12.0 Å². The van der Waals surface area contributed by atoms with Crippen molar-refractivity contribution in [1.29, 1.82) is 0 Å². The molecule has 0 spiro atoms. The molecule has 2 heterocycles. The van der Waals surface area contributed by atoms with Crippen molar-refractivity contribution in [3.05, 3.63) is 60.2 Å². The zero-order valence-electron chi connectivity index (χ0n) is 13.0. The van der Waals surface area contributed by atoms with Crippen molar-refractivity contribution in [1.82, 2.24) is 9.88 Å². The molecule has 0 N–H and O–H groups in total. The summed E-state index contributed by atoms with van der Waals surface area (Å²) in [4.78, 5) is 20.4. The monoisotopic (exact) mass is 313 g/mol. The van der Waals surface area contributed by atoms with E-state index in [0.29, 0.717) is 19.5 Å². The third kappa shape index (κ3) is 4.06. The first-order valence-electron chi connectivity index (χ1n) is 7.89. The average Bonchev–Trinajstić information content (AvgIpc) is 2.61. The second kappa shape index (κ2) is 7.22. The van der Waals surface area contributed by atoms with Crippen LogP contribution in [0.3, 0.4) is 0 Å². The molecule has 3 rings (SSSR count). The molecule has 1 aromatic carbocycles. The van der Waals surface area contributed by atoms with Crippen molar-refractivity contribution >= 4 is 11.6 Å². The van der Waals surface area contributed by atoms with Gasteiger partial charge < -0.3 is 9.80 Å². The van der Waals surface area contributed by atoms with Gasteiger partial charge in [0.15, 0.2) is 0 Å². The number of pyridine rings is 1. The molecule has 0 bridgehead atoms. The maximum absolute atomic E-state index is 13.0. The number of hydrogen-bond acceptors (Lipinski definition) is 3. The fourth-order valence-electron chi connectivity index (χ4n) is 2.82. The Kier molecular flexibility index (Phi) is 4.86. The summed E-state index contributed by atoms with van der Waals surface area (Å²) >= 11 is 0. The van der Waals surface area contributed by atoms with Crippen LogP contribution in [0, 0.1) is 5.82 Å². The van der Waals surface area contributed by atoms with Gasteiger partial charge in [-0.25, -0.2) is 4.39 Å². The van der Waals surface area contributed by atoms with Gasteiger partial charge in [0, 0.05) is 50.7 Å². The number of hydrogen-bond donors (Lipinski definition) is 0. The van der Waals surface area contributed by atoms with E-state index in [0.717, 1.165) is 30.8 Å². The molecule has 1 aromatic heterocycles. The summed E-state index contributed by atoms with van der Waals surface area (Å²) in [7, 11) is 0. The predicted molar refractivity (Wildman–Crippen MR) is 87.8 cm³/mol. The Balaban J connectivity index is 1.48. The van der Waals surface area contributed by atoms with Crippen LogP contribution < -0.4 is 4.90 Å². The molecule has 1 amide bonds. The van der Waals surface area contributed by atoms with Crippen molar-refractivity contribution in [2.24, 2.45) is 0 Å². The minimum Gasteiger partial charge on any atom is -0.368 e. The molecule has 5 heteroatoms. The second-order valence-corrected chi connectivity index (χ2v) is 5.70. The summed E-state index contributed by atoms with van der Waals surface area (Å²) in [6.45, 7) is 3.00. The molecule has 1 aliphatic heterocycles. The van der Waals surface area contributed by atoms with Gasteiger partial charge in [0.1, 0.15) is 5.82 Å². The number of anilines is 1. The number of carbonyl (C=O) groups is 1. The standard InChI is InChI=1S/C18H20FN3O/c19-16-2-4-17(5-3-16)21-11-13-22(14-12-21)18(23)6-1-15-7-9-20-10-8-15/h2-5,7-10H,1,6,11-14H2. The van der Waals surface area contributed by atoms with Crippen LogP contribution in [-0.4, -0.2) is 42.0 Å². The van der Waals surface area contributed by atoms with Gasteiger partial charge in [-0.3, -0.25) is 9.78 Å². The SMILES string of the molecule is O=C(CCc1ccncc1)N1CCN(c2ccc(F)cc2)CC1. The Hall–Kier alpha value is -2.43. The minimum atomic E-state index is -0.223. The highest BCUT2D eigenvalue weighted by molar-refractivity contribution is 5.76. The van der Waals surface area contributed by atoms with Gasteiger partial charge in [-0.15, -0.1) is 0 Å². The highest BCUT2D eigenvalue weighted by atomic mass is 19.1. The van der Waals surface area contributed by atoms with Gasteiger partial charge in [0.2, 0.25) is 5.91 Å². The average molecular weight is 313 g/mol. The summed E-state index contributed by atoms with van der Waals surface area (Å²) in [6, 6.07) is 10.4. The van der Waals surface area contributed by atoms with E-state index in [1.165, 1.54) is 12.1 Å². The van der Waals surface area contributed by atoms with Crippen LogP contribution in [0.5, 0.6) is 0 Å². The van der Waals surface area contributed by atoms with E-state index in [2.05, 4.69) is 9.88 Å². The number of halogens is 1. The molecule has 0 atom stereocenters. The van der Waals surface area contributed by atoms with Crippen LogP contribution in [0.2, 0.25) is 0 Å². The van der Waals surface area contributed by atoms with Gasteiger partial charge in [-0.1, -0.05) is 0 Å². The normalized spacial score (nSPS) is 14.8. The van der Waals surface area contributed by atoms with Gasteiger partial charge >= 0.3 is 0 Å². The number of amides is 1. The molecule has 0 saturated carbocycles. The molecule has 1 saturated heterocycles. The van der Waals surface area contributed by atoms with Crippen LogP contribution in [-0.2, 0) is 11.2 Å². The first kappa shape index (κ1) is 15.5. The van der Waals surface area contributed by atoms with Crippen molar-refractivity contribution in [3.63, 3.8) is 0 Å². The number of carbonyl (C=O) groups excluding carboxylic acids is 1. The lowest BCUT2D eigenvalue weighted by Crippen LogP contribution is -2.48. The molecule has 0 unspecified atom stereocenters. The van der Waals surface area contributed by atoms with E-state index < -0.39 is 0 Å². The first-order chi connectivity index (χ1) is 11.2. The van der Waals surface area contributed by atoms with E-state index >= 15 is 0 Å². The Morgan fingerprint density at radius 3 is 2.30 bits per heavy atom. The maximum atomic E-state index is 13.0. The van der Waals surface area contributed by atoms with Gasteiger partial charge in [-0.05, 0) is 48.4 Å². The maximum Gasteiger partial charge on any atom is 0.223 e. The summed E-state index contributed by atoms with van der Waals surface area (Å²) in [5.74, 6) is -0.0285. The minimum absolute atomic E-state index is 0.195. The first-order valence-corrected chi connectivity index (χ1v) is 7.89. The zero-order chi connectivity index (χ0) is 16.1. The molecule has 0 aliphatic carbocycles. The smallest absolute Gasteiger partial charge is 0.223 e. The summed E-state index contributed by atoms with van der Waals surface area (Å²) in [5, 5.41) is 0. The molecule has 4 nitrogen and oxygen atoms in total. The molecule has 1 fully saturated rings. The number of benzene rings is 1. The third-order valence-electron chi connectivity index (χ3n) is 4.20. The fraction of sp³-hybridized carbons (Fsp3) is 0.333. The van der Waals surface area contributed by atoms with Gasteiger partial charge in [0.05, 0.1) is 0 Å². The summed E-state index contributed by atoms with van der Waals surface area (Å²) < 4.78 is 13.0. The second-order valence-electron chi connectivity index (χ2n) is 5.70. The summed E-state index contributed by atoms with van der Waals surface area (Å²) in [6.07, 6.45) is 4.78. The van der Waals surface area contributed by atoms with E-state index in [4.69, 9.17) is 0 Å². The molecular weight excluding hydrogens is 293 g/mol. The number of aromatic nitrogens is 1. The topological polar surface area (TPSA) is 36.4 Å². The number of rotatable bonds is 4. The Labute approximate surface area is 135 Å². The molecule has 1 aliphatic rings. The lowest BCUT2D eigenvalue weighted by atomic mass is 10.1. The lowest BCUT2D eigenvalue weighted by molar-refractivity contribution is -0.131. The Morgan fingerprint density at radius 2 is 1.65 bits per heavy atom. The third-order valence-corrected chi connectivity index (χ3v) is 4.20. The van der Waals surface area contributed by atoms with Crippen LogP contribution in [0.15, 0.2) is 48.8 Å². The molecule has 2 aromatic rings. The zero-order valence-corrected chi connectivity index (χ0v) is 13.0. The van der Waals surface area contributed by atoms with E-state index in [-0.39, 0.29) is 11.7 Å². The molecular formula is C18H20FN3O. The Bertz CT molecular complexity index is 637. The van der Waals surface area contributed by atoms with Crippen LogP contribution >= 0.6 is 0 Å².